The number of carbonyl (C=O) groups excluding carboxylic acids is 1. The summed E-state index contributed by atoms with van der Waals surface area (Å²) in [6.07, 6.45) is 0. The molecular formula is C14H9Cl2NO3. The molecule has 1 amide bonds. The molecule has 6 heteroatoms. The lowest BCUT2D eigenvalue weighted by Gasteiger charge is -2.08. The third-order valence-electron chi connectivity index (χ3n) is 2.55. The van der Waals surface area contributed by atoms with Crippen LogP contribution in [0.5, 0.6) is 0 Å². The van der Waals surface area contributed by atoms with Crippen molar-refractivity contribution in [1.82, 2.24) is 0 Å². The van der Waals surface area contributed by atoms with Gasteiger partial charge in [-0.2, -0.15) is 0 Å². The lowest BCUT2D eigenvalue weighted by Crippen LogP contribution is -2.13. The van der Waals surface area contributed by atoms with E-state index in [1.54, 1.807) is 12.1 Å². The Hall–Kier alpha value is -2.04. The van der Waals surface area contributed by atoms with Crippen molar-refractivity contribution >= 4 is 40.8 Å². The highest BCUT2D eigenvalue weighted by atomic mass is 35.5. The van der Waals surface area contributed by atoms with E-state index >= 15 is 0 Å². The van der Waals surface area contributed by atoms with Crippen molar-refractivity contribution in [3.8, 4) is 0 Å². The summed E-state index contributed by atoms with van der Waals surface area (Å²) in [4.78, 5) is 22.9. The third kappa shape index (κ3) is 3.29. The van der Waals surface area contributed by atoms with Crippen molar-refractivity contribution in [2.45, 2.75) is 0 Å². The number of rotatable bonds is 3. The number of hydrogen-bond acceptors (Lipinski definition) is 2. The molecule has 0 unspecified atom stereocenters. The van der Waals surface area contributed by atoms with Crippen molar-refractivity contribution in [3.05, 3.63) is 63.6 Å². The van der Waals surface area contributed by atoms with Crippen LogP contribution >= 0.6 is 23.2 Å². The van der Waals surface area contributed by atoms with Crippen LogP contribution in [0, 0.1) is 0 Å². The minimum absolute atomic E-state index is 0.0415. The molecule has 0 spiro atoms. The second kappa shape index (κ2) is 5.94. The van der Waals surface area contributed by atoms with Gasteiger partial charge in [0, 0.05) is 10.6 Å². The molecule has 0 atom stereocenters. The van der Waals surface area contributed by atoms with Gasteiger partial charge in [-0.25, -0.2) is 4.79 Å². The lowest BCUT2D eigenvalue weighted by molar-refractivity contribution is 0.0697. The van der Waals surface area contributed by atoms with Crippen LogP contribution in [0.25, 0.3) is 0 Å². The minimum atomic E-state index is -1.09. The fraction of sp³-hybridized carbons (Fsp3) is 0. The van der Waals surface area contributed by atoms with E-state index in [2.05, 4.69) is 5.32 Å². The van der Waals surface area contributed by atoms with Gasteiger partial charge < -0.3 is 10.4 Å². The van der Waals surface area contributed by atoms with E-state index in [0.717, 1.165) is 0 Å². The number of aromatic carboxylic acids is 1. The Kier molecular flexibility index (Phi) is 4.27. The summed E-state index contributed by atoms with van der Waals surface area (Å²) in [5.41, 5.74) is 0.678. The molecule has 2 aromatic rings. The molecule has 0 fully saturated rings. The number of anilines is 1. The first-order chi connectivity index (χ1) is 9.47. The highest BCUT2D eigenvalue weighted by molar-refractivity contribution is 6.36. The van der Waals surface area contributed by atoms with E-state index in [0.29, 0.717) is 15.7 Å². The molecule has 0 saturated carbocycles. The number of halogens is 2. The van der Waals surface area contributed by atoms with Gasteiger partial charge in [-0.1, -0.05) is 29.3 Å². The molecule has 0 aliphatic heterocycles. The standard InChI is InChI=1S/C14H9Cl2NO3/c15-10-4-5-12(11(16)7-10)17-13(18)8-2-1-3-9(6-8)14(19)20/h1-7H,(H,17,18)(H,19,20). The van der Waals surface area contributed by atoms with Gasteiger partial charge in [0.2, 0.25) is 0 Å². The van der Waals surface area contributed by atoms with E-state index in [1.807, 2.05) is 0 Å². The first-order valence-corrected chi connectivity index (χ1v) is 6.33. The van der Waals surface area contributed by atoms with Gasteiger partial charge in [-0.15, -0.1) is 0 Å². The smallest absolute Gasteiger partial charge is 0.335 e. The van der Waals surface area contributed by atoms with E-state index in [4.69, 9.17) is 28.3 Å². The van der Waals surface area contributed by atoms with E-state index in [-0.39, 0.29) is 11.1 Å². The molecule has 0 aliphatic rings. The Morgan fingerprint density at radius 1 is 1.00 bits per heavy atom. The second-order valence-electron chi connectivity index (χ2n) is 3.96. The zero-order chi connectivity index (χ0) is 14.7. The zero-order valence-electron chi connectivity index (χ0n) is 10.1. The van der Waals surface area contributed by atoms with Crippen LogP contribution in [0.4, 0.5) is 5.69 Å². The molecule has 2 N–H and O–H groups in total. The highest BCUT2D eigenvalue weighted by Crippen LogP contribution is 2.25. The summed E-state index contributed by atoms with van der Waals surface area (Å²) in [6, 6.07) is 10.4. The van der Waals surface area contributed by atoms with Gasteiger partial charge in [0.05, 0.1) is 16.3 Å². The topological polar surface area (TPSA) is 66.4 Å². The molecule has 0 heterocycles. The molecule has 0 bridgehead atoms. The number of carboxylic acids is 1. The van der Waals surface area contributed by atoms with Crippen LogP contribution in [-0.2, 0) is 0 Å². The Morgan fingerprint density at radius 2 is 1.70 bits per heavy atom. The van der Waals surface area contributed by atoms with Crippen molar-refractivity contribution < 1.29 is 14.7 Å². The molecule has 102 valence electrons. The summed E-state index contributed by atoms with van der Waals surface area (Å²) < 4.78 is 0. The maximum absolute atomic E-state index is 12.0. The van der Waals surface area contributed by atoms with Gasteiger partial charge in [0.25, 0.3) is 5.91 Å². The van der Waals surface area contributed by atoms with Crippen molar-refractivity contribution in [1.29, 1.82) is 0 Å². The Labute approximate surface area is 124 Å². The SMILES string of the molecule is O=C(O)c1cccc(C(=O)Nc2ccc(Cl)cc2Cl)c1. The molecule has 0 aliphatic carbocycles. The monoisotopic (exact) mass is 309 g/mol. The predicted molar refractivity (Wildman–Crippen MR) is 77.8 cm³/mol. The van der Waals surface area contributed by atoms with Crippen LogP contribution < -0.4 is 5.32 Å². The van der Waals surface area contributed by atoms with Gasteiger partial charge in [0.15, 0.2) is 0 Å². The van der Waals surface area contributed by atoms with E-state index < -0.39 is 11.9 Å². The largest absolute Gasteiger partial charge is 0.478 e. The number of carboxylic acid groups (broad SMARTS) is 1. The van der Waals surface area contributed by atoms with Gasteiger partial charge in [-0.05, 0) is 36.4 Å². The number of benzene rings is 2. The maximum Gasteiger partial charge on any atom is 0.335 e. The Morgan fingerprint density at radius 3 is 2.35 bits per heavy atom. The summed E-state index contributed by atoms with van der Waals surface area (Å²) >= 11 is 11.7. The zero-order valence-corrected chi connectivity index (χ0v) is 11.6. The van der Waals surface area contributed by atoms with Gasteiger partial charge >= 0.3 is 5.97 Å². The number of amides is 1. The average Bonchev–Trinajstić information content (AvgIpc) is 2.42. The van der Waals surface area contributed by atoms with Crippen LogP contribution in [0.15, 0.2) is 42.5 Å². The van der Waals surface area contributed by atoms with Crippen molar-refractivity contribution in [2.24, 2.45) is 0 Å². The molecule has 0 radical (unpaired) electrons. The molecule has 2 aromatic carbocycles. The fourth-order valence-electron chi connectivity index (χ4n) is 1.58. The minimum Gasteiger partial charge on any atom is -0.478 e. The van der Waals surface area contributed by atoms with Crippen LogP contribution in [-0.4, -0.2) is 17.0 Å². The Balaban J connectivity index is 2.24. The Bertz CT molecular complexity index is 686. The molecule has 0 saturated heterocycles. The first-order valence-electron chi connectivity index (χ1n) is 5.57. The van der Waals surface area contributed by atoms with Crippen LogP contribution in [0.3, 0.4) is 0 Å². The number of hydrogen-bond donors (Lipinski definition) is 2. The predicted octanol–water partition coefficient (Wildman–Crippen LogP) is 3.94. The summed E-state index contributed by atoms with van der Waals surface area (Å²) in [5.74, 6) is -1.54. The first kappa shape index (κ1) is 14.4. The summed E-state index contributed by atoms with van der Waals surface area (Å²) in [6.45, 7) is 0. The summed E-state index contributed by atoms with van der Waals surface area (Å²) in [7, 11) is 0. The van der Waals surface area contributed by atoms with Crippen molar-refractivity contribution in [3.63, 3.8) is 0 Å². The summed E-state index contributed by atoms with van der Waals surface area (Å²) in [5, 5.41) is 12.3. The van der Waals surface area contributed by atoms with E-state index in [1.165, 1.54) is 30.3 Å². The maximum atomic E-state index is 12.0. The third-order valence-corrected chi connectivity index (χ3v) is 3.10. The quantitative estimate of drug-likeness (QED) is 0.902. The molecule has 4 nitrogen and oxygen atoms in total. The van der Waals surface area contributed by atoms with Crippen molar-refractivity contribution in [2.75, 3.05) is 5.32 Å². The molecular weight excluding hydrogens is 301 g/mol. The van der Waals surface area contributed by atoms with Crippen LogP contribution in [0.2, 0.25) is 10.0 Å². The number of nitrogens with one attached hydrogen (secondary N) is 1. The highest BCUT2D eigenvalue weighted by Gasteiger charge is 2.11. The second-order valence-corrected chi connectivity index (χ2v) is 4.81. The van der Waals surface area contributed by atoms with Gasteiger partial charge in [0.1, 0.15) is 0 Å². The van der Waals surface area contributed by atoms with Gasteiger partial charge in [-0.3, -0.25) is 4.79 Å². The van der Waals surface area contributed by atoms with Crippen LogP contribution in [0.1, 0.15) is 20.7 Å². The molecule has 20 heavy (non-hydrogen) atoms. The lowest BCUT2D eigenvalue weighted by atomic mass is 10.1. The molecule has 2 rings (SSSR count). The average molecular weight is 310 g/mol. The molecule has 0 aromatic heterocycles. The fourth-order valence-corrected chi connectivity index (χ4v) is 2.03. The number of carbonyl (C=O) groups is 2. The van der Waals surface area contributed by atoms with E-state index in [9.17, 15) is 9.59 Å². The normalized spacial score (nSPS) is 10.1.